The minimum atomic E-state index is -3.84. The van der Waals surface area contributed by atoms with Crippen molar-refractivity contribution >= 4 is 21.6 Å². The first kappa shape index (κ1) is 21.5. The maximum absolute atomic E-state index is 13.4. The molecule has 0 N–H and O–H groups in total. The van der Waals surface area contributed by atoms with E-state index in [1.807, 2.05) is 19.1 Å². The number of rotatable bonds is 6. The number of carbonyl (C=O) groups is 1. The van der Waals surface area contributed by atoms with Crippen molar-refractivity contribution in [3.8, 4) is 0 Å². The van der Waals surface area contributed by atoms with E-state index in [-0.39, 0.29) is 28.7 Å². The van der Waals surface area contributed by atoms with Crippen molar-refractivity contribution in [3.05, 3.63) is 95.3 Å². The van der Waals surface area contributed by atoms with Gasteiger partial charge in [0.1, 0.15) is 5.82 Å². The second-order valence-corrected chi connectivity index (χ2v) is 9.10. The zero-order valence-electron chi connectivity index (χ0n) is 17.0. The number of nitrogens with zero attached hydrogens (tertiary/aromatic N) is 2. The smallest absolute Gasteiger partial charge is 0.264 e. The standard InChI is InChI=1S/C23H23FN2O3S/c1-17-10-12-21(13-11-17)26(3)30(28,29)22-9-5-7-19(15-22)23(27)25(2)16-18-6-4-8-20(24)14-18/h4-15H,16H2,1-3H3. The van der Waals surface area contributed by atoms with E-state index in [2.05, 4.69) is 0 Å². The van der Waals surface area contributed by atoms with Crippen LogP contribution in [0, 0.1) is 12.7 Å². The number of hydrogen-bond acceptors (Lipinski definition) is 3. The number of hydrogen-bond donors (Lipinski definition) is 0. The van der Waals surface area contributed by atoms with Gasteiger partial charge in [-0.15, -0.1) is 0 Å². The van der Waals surface area contributed by atoms with Crippen LogP contribution in [0.5, 0.6) is 0 Å². The van der Waals surface area contributed by atoms with Crippen LogP contribution in [-0.4, -0.2) is 33.3 Å². The lowest BCUT2D eigenvalue weighted by atomic mass is 10.1. The Bertz CT molecular complexity index is 1160. The summed E-state index contributed by atoms with van der Waals surface area (Å²) in [4.78, 5) is 14.3. The lowest BCUT2D eigenvalue weighted by molar-refractivity contribution is 0.0784. The number of halogens is 1. The van der Waals surface area contributed by atoms with Crippen molar-refractivity contribution in [2.45, 2.75) is 18.4 Å². The minimum Gasteiger partial charge on any atom is -0.337 e. The molecule has 0 heterocycles. The molecule has 5 nitrogen and oxygen atoms in total. The van der Waals surface area contributed by atoms with Crippen LogP contribution in [-0.2, 0) is 16.6 Å². The molecule has 1 amide bonds. The van der Waals surface area contributed by atoms with E-state index in [9.17, 15) is 17.6 Å². The summed E-state index contributed by atoms with van der Waals surface area (Å²) in [5.74, 6) is -0.727. The van der Waals surface area contributed by atoms with Gasteiger partial charge in [0.05, 0.1) is 10.6 Å². The van der Waals surface area contributed by atoms with Crippen LogP contribution >= 0.6 is 0 Å². The molecule has 0 aromatic heterocycles. The molecule has 30 heavy (non-hydrogen) atoms. The highest BCUT2D eigenvalue weighted by Gasteiger charge is 2.23. The van der Waals surface area contributed by atoms with Crippen LogP contribution in [0.1, 0.15) is 21.5 Å². The van der Waals surface area contributed by atoms with Gasteiger partial charge < -0.3 is 4.90 Å². The predicted molar refractivity (Wildman–Crippen MR) is 115 cm³/mol. The first-order valence-corrected chi connectivity index (χ1v) is 10.8. The molecule has 3 aromatic carbocycles. The quantitative estimate of drug-likeness (QED) is 0.593. The third-order valence-corrected chi connectivity index (χ3v) is 6.57. The SMILES string of the molecule is Cc1ccc(N(C)S(=O)(=O)c2cccc(C(=O)N(C)Cc3cccc(F)c3)c2)cc1. The normalized spacial score (nSPS) is 11.2. The molecule has 0 radical (unpaired) electrons. The van der Waals surface area contributed by atoms with Gasteiger partial charge in [-0.3, -0.25) is 9.10 Å². The average molecular weight is 427 g/mol. The Morgan fingerprint density at radius 1 is 0.933 bits per heavy atom. The molecule has 0 spiro atoms. The molecule has 3 rings (SSSR count). The lowest BCUT2D eigenvalue weighted by Crippen LogP contribution is -2.28. The van der Waals surface area contributed by atoms with Crippen LogP contribution in [0.3, 0.4) is 0 Å². The molecular formula is C23H23FN2O3S. The lowest BCUT2D eigenvalue weighted by Gasteiger charge is -2.21. The van der Waals surface area contributed by atoms with Gasteiger partial charge in [0.25, 0.3) is 15.9 Å². The molecule has 156 valence electrons. The maximum Gasteiger partial charge on any atom is 0.264 e. The fourth-order valence-electron chi connectivity index (χ4n) is 3.04. The molecule has 7 heteroatoms. The number of carbonyl (C=O) groups excluding carboxylic acids is 1. The van der Waals surface area contributed by atoms with Crippen LogP contribution in [0.25, 0.3) is 0 Å². The van der Waals surface area contributed by atoms with Crippen LogP contribution in [0.4, 0.5) is 10.1 Å². The zero-order chi connectivity index (χ0) is 21.9. The van der Waals surface area contributed by atoms with Crippen molar-refractivity contribution < 1.29 is 17.6 Å². The Hall–Kier alpha value is -3.19. The van der Waals surface area contributed by atoms with Gasteiger partial charge in [-0.2, -0.15) is 0 Å². The largest absolute Gasteiger partial charge is 0.337 e. The van der Waals surface area contributed by atoms with Crippen LogP contribution in [0.2, 0.25) is 0 Å². The highest BCUT2D eigenvalue weighted by molar-refractivity contribution is 7.92. The molecule has 0 bridgehead atoms. The second-order valence-electron chi connectivity index (χ2n) is 7.13. The zero-order valence-corrected chi connectivity index (χ0v) is 17.9. The van der Waals surface area contributed by atoms with Crippen molar-refractivity contribution in [2.24, 2.45) is 0 Å². The summed E-state index contributed by atoms with van der Waals surface area (Å²) in [6.45, 7) is 2.13. The molecule has 0 aliphatic rings. The summed E-state index contributed by atoms with van der Waals surface area (Å²) in [7, 11) is -0.771. The Morgan fingerprint density at radius 2 is 1.60 bits per heavy atom. The highest BCUT2D eigenvalue weighted by Crippen LogP contribution is 2.23. The molecule has 0 saturated heterocycles. The predicted octanol–water partition coefficient (Wildman–Crippen LogP) is 4.23. The van der Waals surface area contributed by atoms with E-state index in [0.29, 0.717) is 11.3 Å². The number of sulfonamides is 1. The number of aryl methyl sites for hydroxylation is 1. The summed E-state index contributed by atoms with van der Waals surface area (Å²) in [5, 5.41) is 0. The highest BCUT2D eigenvalue weighted by atomic mass is 32.2. The van der Waals surface area contributed by atoms with Gasteiger partial charge in [0, 0.05) is 26.2 Å². The fraction of sp³-hybridized carbons (Fsp3) is 0.174. The Balaban J connectivity index is 1.83. The van der Waals surface area contributed by atoms with Crippen molar-refractivity contribution in [1.82, 2.24) is 4.90 Å². The Kier molecular flexibility index (Phi) is 6.22. The van der Waals surface area contributed by atoms with Crippen molar-refractivity contribution in [1.29, 1.82) is 0 Å². The molecule has 0 fully saturated rings. The number of amides is 1. The summed E-state index contributed by atoms with van der Waals surface area (Å²) in [6.07, 6.45) is 0. The van der Waals surface area contributed by atoms with Crippen LogP contribution < -0.4 is 4.31 Å². The van der Waals surface area contributed by atoms with E-state index in [0.717, 1.165) is 5.56 Å². The number of benzene rings is 3. The molecule has 0 aliphatic heterocycles. The first-order chi connectivity index (χ1) is 14.2. The molecule has 0 unspecified atom stereocenters. The van der Waals surface area contributed by atoms with Gasteiger partial charge in [-0.05, 0) is 55.0 Å². The van der Waals surface area contributed by atoms with E-state index in [1.165, 1.54) is 40.5 Å². The van der Waals surface area contributed by atoms with Crippen molar-refractivity contribution in [2.75, 3.05) is 18.4 Å². The van der Waals surface area contributed by atoms with Gasteiger partial charge in [-0.25, -0.2) is 12.8 Å². The van der Waals surface area contributed by atoms with E-state index >= 15 is 0 Å². The van der Waals surface area contributed by atoms with E-state index < -0.39 is 10.0 Å². The van der Waals surface area contributed by atoms with E-state index in [4.69, 9.17) is 0 Å². The molecule has 3 aromatic rings. The summed E-state index contributed by atoms with van der Waals surface area (Å²) in [6, 6.07) is 19.1. The molecule has 0 atom stereocenters. The van der Waals surface area contributed by atoms with Gasteiger partial charge in [0.15, 0.2) is 0 Å². The summed E-state index contributed by atoms with van der Waals surface area (Å²) in [5.41, 5.74) is 2.44. The third-order valence-electron chi connectivity index (χ3n) is 4.79. The first-order valence-electron chi connectivity index (χ1n) is 9.34. The minimum absolute atomic E-state index is 0.0237. The van der Waals surface area contributed by atoms with Gasteiger partial charge in [-0.1, -0.05) is 35.9 Å². The van der Waals surface area contributed by atoms with E-state index in [1.54, 1.807) is 43.4 Å². The van der Waals surface area contributed by atoms with Crippen LogP contribution in [0.15, 0.2) is 77.7 Å². The summed E-state index contributed by atoms with van der Waals surface area (Å²) < 4.78 is 40.7. The maximum atomic E-state index is 13.4. The topological polar surface area (TPSA) is 57.7 Å². The molecule has 0 saturated carbocycles. The summed E-state index contributed by atoms with van der Waals surface area (Å²) >= 11 is 0. The monoisotopic (exact) mass is 426 g/mol. The molecule has 0 aliphatic carbocycles. The average Bonchev–Trinajstić information content (AvgIpc) is 2.73. The van der Waals surface area contributed by atoms with Crippen molar-refractivity contribution in [3.63, 3.8) is 0 Å². The molecular weight excluding hydrogens is 403 g/mol. The Labute approximate surface area is 176 Å². The van der Waals surface area contributed by atoms with Gasteiger partial charge in [0.2, 0.25) is 0 Å². The Morgan fingerprint density at radius 3 is 2.27 bits per heavy atom. The third kappa shape index (κ3) is 4.68. The number of anilines is 1. The second kappa shape index (κ2) is 8.67. The fourth-order valence-corrected chi connectivity index (χ4v) is 4.28. The van der Waals surface area contributed by atoms with Gasteiger partial charge >= 0.3 is 0 Å².